The minimum absolute atomic E-state index is 0.0603. The molecule has 0 bridgehead atoms. The SMILES string of the molecule is CC(=O)N1C2CCC(C3CCC(S(=O)(=O)CCO)CC3)CC2N(C(=O)C2CC2)C[C@@H]1C. The number of sulfone groups is 1. The summed E-state index contributed by atoms with van der Waals surface area (Å²) in [6.45, 7) is 4.04. The minimum Gasteiger partial charge on any atom is -0.395 e. The van der Waals surface area contributed by atoms with E-state index in [9.17, 15) is 18.0 Å². The van der Waals surface area contributed by atoms with Crippen molar-refractivity contribution in [3.63, 3.8) is 0 Å². The van der Waals surface area contributed by atoms with Crippen molar-refractivity contribution in [2.24, 2.45) is 17.8 Å². The summed E-state index contributed by atoms with van der Waals surface area (Å²) >= 11 is 0. The van der Waals surface area contributed by atoms with Crippen molar-refractivity contribution in [2.45, 2.75) is 95.0 Å². The first kappa shape index (κ1) is 23.0. The number of aliphatic hydroxyl groups is 1. The molecule has 1 N–H and O–H groups in total. The van der Waals surface area contributed by atoms with E-state index in [1.165, 1.54) is 0 Å². The first-order chi connectivity index (χ1) is 14.7. The molecule has 3 aliphatic carbocycles. The topological polar surface area (TPSA) is 95.0 Å². The summed E-state index contributed by atoms with van der Waals surface area (Å²) in [7, 11) is -3.20. The third kappa shape index (κ3) is 4.65. The summed E-state index contributed by atoms with van der Waals surface area (Å²) in [5, 5.41) is 8.74. The van der Waals surface area contributed by atoms with Gasteiger partial charge in [0.25, 0.3) is 0 Å². The summed E-state index contributed by atoms with van der Waals surface area (Å²) in [6.07, 6.45) is 8.05. The molecule has 0 spiro atoms. The van der Waals surface area contributed by atoms with Crippen LogP contribution in [0.4, 0.5) is 0 Å². The average Bonchev–Trinajstić information content (AvgIpc) is 3.57. The highest BCUT2D eigenvalue weighted by Gasteiger charge is 2.49. The number of fused-ring (bicyclic) bond motifs is 1. The second kappa shape index (κ2) is 9.00. The maximum Gasteiger partial charge on any atom is 0.226 e. The van der Waals surface area contributed by atoms with Crippen molar-refractivity contribution in [1.82, 2.24) is 9.80 Å². The van der Waals surface area contributed by atoms with Gasteiger partial charge in [0.1, 0.15) is 0 Å². The van der Waals surface area contributed by atoms with Crippen LogP contribution >= 0.6 is 0 Å². The monoisotopic (exact) mass is 454 g/mol. The molecule has 0 aromatic heterocycles. The van der Waals surface area contributed by atoms with Crippen molar-refractivity contribution in [3.05, 3.63) is 0 Å². The Bertz CT molecular complexity index is 788. The Hall–Kier alpha value is -1.15. The van der Waals surface area contributed by atoms with Gasteiger partial charge in [-0.15, -0.1) is 0 Å². The number of nitrogens with zero attached hydrogens (tertiary/aromatic N) is 2. The van der Waals surface area contributed by atoms with E-state index in [2.05, 4.69) is 11.8 Å². The molecule has 3 saturated carbocycles. The van der Waals surface area contributed by atoms with E-state index < -0.39 is 9.84 Å². The molecule has 176 valence electrons. The number of carbonyl (C=O) groups excluding carboxylic acids is 2. The van der Waals surface area contributed by atoms with Gasteiger partial charge < -0.3 is 14.9 Å². The second-order valence-electron chi connectivity index (χ2n) is 10.4. The largest absolute Gasteiger partial charge is 0.395 e. The van der Waals surface area contributed by atoms with Crippen molar-refractivity contribution in [1.29, 1.82) is 0 Å². The number of hydrogen-bond acceptors (Lipinski definition) is 5. The average molecular weight is 455 g/mol. The van der Waals surface area contributed by atoms with Gasteiger partial charge in [-0.3, -0.25) is 9.59 Å². The van der Waals surface area contributed by atoms with Crippen LogP contribution in [0.1, 0.15) is 71.6 Å². The summed E-state index contributed by atoms with van der Waals surface area (Å²) in [5.74, 6) is 1.42. The summed E-state index contributed by atoms with van der Waals surface area (Å²) in [6, 6.07) is 0.273. The fraction of sp³-hybridized carbons (Fsp3) is 0.913. The first-order valence-corrected chi connectivity index (χ1v) is 13.9. The lowest BCUT2D eigenvalue weighted by Gasteiger charge is -2.55. The molecule has 4 fully saturated rings. The zero-order chi connectivity index (χ0) is 22.3. The van der Waals surface area contributed by atoms with Crippen molar-refractivity contribution >= 4 is 21.7 Å². The van der Waals surface area contributed by atoms with E-state index in [4.69, 9.17) is 5.11 Å². The third-order valence-corrected chi connectivity index (χ3v) is 10.6. The number of aliphatic hydroxyl groups excluding tert-OH is 1. The molecule has 0 aromatic rings. The van der Waals surface area contributed by atoms with E-state index in [1.807, 2.05) is 4.90 Å². The van der Waals surface area contributed by atoms with Crippen LogP contribution in [-0.2, 0) is 19.4 Å². The fourth-order valence-corrected chi connectivity index (χ4v) is 8.24. The van der Waals surface area contributed by atoms with E-state index in [1.54, 1.807) is 6.92 Å². The minimum atomic E-state index is -3.20. The summed E-state index contributed by atoms with van der Waals surface area (Å²) in [4.78, 5) is 29.6. The lowest BCUT2D eigenvalue weighted by Crippen LogP contribution is -2.67. The number of piperazine rings is 1. The molecule has 1 saturated heterocycles. The normalized spacial score (nSPS) is 36.7. The van der Waals surface area contributed by atoms with Gasteiger partial charge in [0, 0.05) is 25.4 Å². The van der Waals surface area contributed by atoms with Gasteiger partial charge in [0.2, 0.25) is 11.8 Å². The molecule has 7 nitrogen and oxygen atoms in total. The zero-order valence-corrected chi connectivity index (χ0v) is 19.7. The van der Waals surface area contributed by atoms with E-state index in [0.29, 0.717) is 31.2 Å². The zero-order valence-electron chi connectivity index (χ0n) is 18.9. The van der Waals surface area contributed by atoms with E-state index in [-0.39, 0.29) is 53.5 Å². The Kier molecular flexibility index (Phi) is 6.69. The summed E-state index contributed by atoms with van der Waals surface area (Å²) < 4.78 is 24.7. The maximum absolute atomic E-state index is 13.1. The van der Waals surface area contributed by atoms with Gasteiger partial charge in [-0.2, -0.15) is 0 Å². The molecule has 0 aromatic carbocycles. The van der Waals surface area contributed by atoms with Crippen LogP contribution in [0.3, 0.4) is 0 Å². The van der Waals surface area contributed by atoms with Crippen LogP contribution in [-0.4, -0.2) is 77.4 Å². The van der Waals surface area contributed by atoms with Gasteiger partial charge in [0.05, 0.1) is 29.7 Å². The Morgan fingerprint density at radius 1 is 0.935 bits per heavy atom. The fourth-order valence-electron chi connectivity index (χ4n) is 6.66. The molecule has 3 unspecified atom stereocenters. The van der Waals surface area contributed by atoms with Crippen LogP contribution in [0.15, 0.2) is 0 Å². The van der Waals surface area contributed by atoms with Crippen molar-refractivity contribution < 1.29 is 23.1 Å². The standard InChI is InChI=1S/C23H38N2O5S/c1-15-14-24(23(28)18-3-4-18)22-13-19(7-10-21(22)25(15)16(2)27)17-5-8-20(9-6-17)31(29,30)12-11-26/h15,17-22,26H,3-14H2,1-2H3/t15-,17?,19?,20?,21?,22?/m0/s1. The smallest absolute Gasteiger partial charge is 0.226 e. The lowest BCUT2D eigenvalue weighted by molar-refractivity contribution is -0.155. The molecule has 4 aliphatic rings. The quantitative estimate of drug-likeness (QED) is 0.685. The first-order valence-electron chi connectivity index (χ1n) is 12.1. The van der Waals surface area contributed by atoms with Crippen LogP contribution in [0.25, 0.3) is 0 Å². The van der Waals surface area contributed by atoms with Crippen LogP contribution < -0.4 is 0 Å². The highest BCUT2D eigenvalue weighted by atomic mass is 32.2. The molecular formula is C23H38N2O5S. The van der Waals surface area contributed by atoms with E-state index >= 15 is 0 Å². The van der Waals surface area contributed by atoms with Crippen molar-refractivity contribution in [2.75, 3.05) is 18.9 Å². The Balaban J connectivity index is 1.45. The van der Waals surface area contributed by atoms with Crippen molar-refractivity contribution in [3.8, 4) is 0 Å². The number of amides is 2. The van der Waals surface area contributed by atoms with Gasteiger partial charge in [0.15, 0.2) is 9.84 Å². The molecule has 1 aliphatic heterocycles. The number of carbonyl (C=O) groups is 2. The van der Waals surface area contributed by atoms with Crippen LogP contribution in [0.5, 0.6) is 0 Å². The van der Waals surface area contributed by atoms with Crippen LogP contribution in [0.2, 0.25) is 0 Å². The third-order valence-electron chi connectivity index (χ3n) is 8.36. The van der Waals surface area contributed by atoms with E-state index in [0.717, 1.165) is 44.9 Å². The Labute approximate surface area is 186 Å². The van der Waals surface area contributed by atoms with Crippen LogP contribution in [0, 0.1) is 17.8 Å². The Morgan fingerprint density at radius 3 is 2.16 bits per heavy atom. The van der Waals surface area contributed by atoms with Gasteiger partial charge in [-0.25, -0.2) is 8.42 Å². The molecule has 2 amide bonds. The highest BCUT2D eigenvalue weighted by Crippen LogP contribution is 2.44. The number of hydrogen-bond donors (Lipinski definition) is 1. The molecule has 31 heavy (non-hydrogen) atoms. The second-order valence-corrected chi connectivity index (χ2v) is 12.8. The maximum atomic E-state index is 13.1. The Morgan fingerprint density at radius 2 is 1.58 bits per heavy atom. The highest BCUT2D eigenvalue weighted by molar-refractivity contribution is 7.92. The molecular weight excluding hydrogens is 416 g/mol. The lowest BCUT2D eigenvalue weighted by atomic mass is 9.69. The summed E-state index contributed by atoms with van der Waals surface area (Å²) in [5.41, 5.74) is 0. The van der Waals surface area contributed by atoms with Gasteiger partial charge >= 0.3 is 0 Å². The molecule has 0 radical (unpaired) electrons. The predicted octanol–water partition coefficient (Wildman–Crippen LogP) is 1.98. The molecule has 1 heterocycles. The van der Waals surface area contributed by atoms with Gasteiger partial charge in [-0.05, 0) is 76.5 Å². The predicted molar refractivity (Wildman–Crippen MR) is 118 cm³/mol. The molecule has 8 heteroatoms. The van der Waals surface area contributed by atoms with Gasteiger partial charge in [-0.1, -0.05) is 0 Å². The molecule has 4 atom stereocenters. The number of rotatable bonds is 5. The molecule has 4 rings (SSSR count).